The van der Waals surface area contributed by atoms with Gasteiger partial charge in [-0.3, -0.25) is 4.90 Å². The maximum absolute atomic E-state index is 5.91. The molecule has 0 atom stereocenters. The maximum Gasteiger partial charge on any atom is 0.118 e. The monoisotopic (exact) mass is 293 g/mol. The summed E-state index contributed by atoms with van der Waals surface area (Å²) in [6, 6.07) is 4.23. The Labute approximate surface area is 129 Å². The van der Waals surface area contributed by atoms with Crippen LogP contribution in [0, 0.1) is 5.92 Å². The van der Waals surface area contributed by atoms with Crippen molar-refractivity contribution in [3.63, 3.8) is 0 Å². The molecular weight excluding hydrogens is 262 g/mol. The third-order valence-corrected chi connectivity index (χ3v) is 3.91. The number of piperazine rings is 1. The van der Waals surface area contributed by atoms with Crippen molar-refractivity contribution in [1.82, 2.24) is 15.1 Å². The minimum atomic E-state index is 0.764. The van der Waals surface area contributed by atoms with E-state index in [0.717, 1.165) is 56.6 Å². The Kier molecular flexibility index (Phi) is 6.74. The normalized spacial score (nSPS) is 17.7. The van der Waals surface area contributed by atoms with Gasteiger partial charge in [0.1, 0.15) is 11.5 Å². The summed E-state index contributed by atoms with van der Waals surface area (Å²) in [4.78, 5) is 5.07. The maximum atomic E-state index is 5.91. The van der Waals surface area contributed by atoms with E-state index in [4.69, 9.17) is 4.42 Å². The molecule has 1 fully saturated rings. The van der Waals surface area contributed by atoms with Gasteiger partial charge in [0.2, 0.25) is 0 Å². The van der Waals surface area contributed by atoms with Crippen molar-refractivity contribution in [1.29, 1.82) is 0 Å². The van der Waals surface area contributed by atoms with Gasteiger partial charge in [0.05, 0.1) is 13.1 Å². The van der Waals surface area contributed by atoms with Gasteiger partial charge >= 0.3 is 0 Å². The number of rotatable bonds is 8. The summed E-state index contributed by atoms with van der Waals surface area (Å²) in [7, 11) is 0. The minimum absolute atomic E-state index is 0.764. The summed E-state index contributed by atoms with van der Waals surface area (Å²) in [5.74, 6) is 2.91. The van der Waals surface area contributed by atoms with Gasteiger partial charge < -0.3 is 14.6 Å². The zero-order valence-electron chi connectivity index (χ0n) is 13.9. The zero-order valence-corrected chi connectivity index (χ0v) is 13.9. The molecule has 4 nitrogen and oxygen atoms in total. The second-order valence-electron chi connectivity index (χ2n) is 6.52. The number of hydrogen-bond acceptors (Lipinski definition) is 4. The van der Waals surface area contributed by atoms with E-state index >= 15 is 0 Å². The van der Waals surface area contributed by atoms with E-state index in [0.29, 0.717) is 0 Å². The fraction of sp³-hybridized carbons (Fsp3) is 0.765. The molecule has 1 aromatic heterocycles. The molecule has 2 rings (SSSR count). The standard InChI is InChI=1S/C17H31N3O/c1-4-7-18-12-16-5-6-17(21-16)14-20-10-8-19(9-11-20)13-15(2)3/h5-6,15,18H,4,7-14H2,1-3H3. The number of hydrogen-bond donors (Lipinski definition) is 1. The predicted octanol–water partition coefficient (Wildman–Crippen LogP) is 2.55. The lowest BCUT2D eigenvalue weighted by atomic mass is 10.2. The summed E-state index contributed by atoms with van der Waals surface area (Å²) in [6.45, 7) is 15.5. The van der Waals surface area contributed by atoms with Crippen LogP contribution < -0.4 is 5.32 Å². The van der Waals surface area contributed by atoms with E-state index < -0.39 is 0 Å². The first-order chi connectivity index (χ1) is 10.2. The molecule has 1 saturated heterocycles. The minimum Gasteiger partial charge on any atom is -0.463 e. The first-order valence-electron chi connectivity index (χ1n) is 8.40. The van der Waals surface area contributed by atoms with Crippen LogP contribution in [0.4, 0.5) is 0 Å². The van der Waals surface area contributed by atoms with E-state index in [2.05, 4.69) is 48.0 Å². The van der Waals surface area contributed by atoms with Crippen LogP contribution in [0.25, 0.3) is 0 Å². The molecule has 1 aliphatic heterocycles. The third kappa shape index (κ3) is 5.81. The van der Waals surface area contributed by atoms with Crippen LogP contribution in [0.5, 0.6) is 0 Å². The van der Waals surface area contributed by atoms with E-state index in [1.165, 1.54) is 19.6 Å². The van der Waals surface area contributed by atoms with Gasteiger partial charge in [-0.1, -0.05) is 20.8 Å². The van der Waals surface area contributed by atoms with Crippen LogP contribution in [-0.4, -0.2) is 49.1 Å². The topological polar surface area (TPSA) is 31.6 Å². The Morgan fingerprint density at radius 3 is 2.43 bits per heavy atom. The van der Waals surface area contributed by atoms with Crippen molar-refractivity contribution in [2.45, 2.75) is 40.3 Å². The molecule has 0 amide bonds. The molecule has 4 heteroatoms. The average Bonchev–Trinajstić information content (AvgIpc) is 2.88. The Bertz CT molecular complexity index is 394. The smallest absolute Gasteiger partial charge is 0.118 e. The van der Waals surface area contributed by atoms with E-state index in [9.17, 15) is 0 Å². The van der Waals surface area contributed by atoms with Crippen molar-refractivity contribution in [2.24, 2.45) is 5.92 Å². The fourth-order valence-electron chi connectivity index (χ4n) is 2.86. The van der Waals surface area contributed by atoms with Crippen LogP contribution in [0.15, 0.2) is 16.5 Å². The number of furan rings is 1. The van der Waals surface area contributed by atoms with Crippen LogP contribution in [0.2, 0.25) is 0 Å². The van der Waals surface area contributed by atoms with Crippen molar-refractivity contribution < 1.29 is 4.42 Å². The van der Waals surface area contributed by atoms with Crippen molar-refractivity contribution >= 4 is 0 Å². The van der Waals surface area contributed by atoms with Crippen LogP contribution in [0.3, 0.4) is 0 Å². The molecule has 0 aromatic carbocycles. The van der Waals surface area contributed by atoms with Gasteiger partial charge in [-0.25, -0.2) is 0 Å². The van der Waals surface area contributed by atoms with Crippen LogP contribution in [-0.2, 0) is 13.1 Å². The summed E-state index contributed by atoms with van der Waals surface area (Å²) >= 11 is 0. The molecule has 0 unspecified atom stereocenters. The highest BCUT2D eigenvalue weighted by atomic mass is 16.3. The van der Waals surface area contributed by atoms with Gasteiger partial charge in [0.25, 0.3) is 0 Å². The second kappa shape index (κ2) is 8.57. The summed E-state index contributed by atoms with van der Waals surface area (Å²) in [5.41, 5.74) is 0. The van der Waals surface area contributed by atoms with Gasteiger partial charge in [-0.05, 0) is 31.0 Å². The zero-order chi connectivity index (χ0) is 15.1. The highest BCUT2D eigenvalue weighted by molar-refractivity contribution is 5.07. The van der Waals surface area contributed by atoms with Gasteiger partial charge in [0.15, 0.2) is 0 Å². The molecular formula is C17H31N3O. The van der Waals surface area contributed by atoms with Crippen molar-refractivity contribution in [3.8, 4) is 0 Å². The Morgan fingerprint density at radius 1 is 1.10 bits per heavy atom. The summed E-state index contributed by atoms with van der Waals surface area (Å²) < 4.78 is 5.91. The average molecular weight is 293 g/mol. The van der Waals surface area contributed by atoms with Gasteiger partial charge in [-0.15, -0.1) is 0 Å². The molecule has 0 aliphatic carbocycles. The number of nitrogens with one attached hydrogen (secondary N) is 1. The molecule has 0 radical (unpaired) electrons. The Hall–Kier alpha value is -0.840. The molecule has 1 N–H and O–H groups in total. The quantitative estimate of drug-likeness (QED) is 0.747. The molecule has 1 aliphatic rings. The highest BCUT2D eigenvalue weighted by Crippen LogP contribution is 2.13. The van der Waals surface area contributed by atoms with E-state index in [1.807, 2.05) is 0 Å². The van der Waals surface area contributed by atoms with E-state index in [1.54, 1.807) is 0 Å². The lowest BCUT2D eigenvalue weighted by molar-refractivity contribution is 0.111. The summed E-state index contributed by atoms with van der Waals surface area (Å²) in [5, 5.41) is 3.38. The van der Waals surface area contributed by atoms with Gasteiger partial charge in [0, 0.05) is 32.7 Å². The Morgan fingerprint density at radius 2 is 1.76 bits per heavy atom. The molecule has 0 saturated carbocycles. The molecule has 2 heterocycles. The fourth-order valence-corrected chi connectivity index (χ4v) is 2.86. The van der Waals surface area contributed by atoms with Crippen LogP contribution in [0.1, 0.15) is 38.7 Å². The van der Waals surface area contributed by atoms with Gasteiger partial charge in [-0.2, -0.15) is 0 Å². The Balaban J connectivity index is 1.71. The molecule has 120 valence electrons. The first kappa shape index (κ1) is 16.5. The lowest BCUT2D eigenvalue weighted by Crippen LogP contribution is -2.46. The van der Waals surface area contributed by atoms with Crippen molar-refractivity contribution in [3.05, 3.63) is 23.7 Å². The van der Waals surface area contributed by atoms with E-state index in [-0.39, 0.29) is 0 Å². The van der Waals surface area contributed by atoms with Crippen molar-refractivity contribution in [2.75, 3.05) is 39.3 Å². The predicted molar refractivity (Wildman–Crippen MR) is 87.3 cm³/mol. The molecule has 21 heavy (non-hydrogen) atoms. The summed E-state index contributed by atoms with van der Waals surface area (Å²) in [6.07, 6.45) is 1.16. The second-order valence-corrected chi connectivity index (χ2v) is 6.52. The lowest BCUT2D eigenvalue weighted by Gasteiger charge is -2.35. The molecule has 0 bridgehead atoms. The number of nitrogens with zero attached hydrogens (tertiary/aromatic N) is 2. The molecule has 0 spiro atoms. The molecule has 1 aromatic rings. The first-order valence-corrected chi connectivity index (χ1v) is 8.40. The largest absolute Gasteiger partial charge is 0.463 e. The highest BCUT2D eigenvalue weighted by Gasteiger charge is 2.18. The SMILES string of the molecule is CCCNCc1ccc(CN2CCN(CC(C)C)CC2)o1. The third-order valence-electron chi connectivity index (χ3n) is 3.91. The van der Waals surface area contributed by atoms with Crippen LogP contribution >= 0.6 is 0 Å².